The Morgan fingerprint density at radius 1 is 1.38 bits per heavy atom. The SMILES string of the molecule is O=C(NCc1nccs1)C1CCN(Cc2c[nH]c3ccc(Cl)cc23)CC1. The van der Waals surface area contributed by atoms with Crippen molar-refractivity contribution >= 4 is 39.7 Å². The van der Waals surface area contributed by atoms with E-state index in [4.69, 9.17) is 11.6 Å². The number of nitrogens with zero attached hydrogens (tertiary/aromatic N) is 2. The molecule has 1 aliphatic rings. The van der Waals surface area contributed by atoms with Gasteiger partial charge in [-0.25, -0.2) is 4.98 Å². The van der Waals surface area contributed by atoms with E-state index < -0.39 is 0 Å². The predicted molar refractivity (Wildman–Crippen MR) is 105 cm³/mol. The molecule has 0 saturated carbocycles. The third kappa shape index (κ3) is 3.92. The summed E-state index contributed by atoms with van der Waals surface area (Å²) in [6.07, 6.45) is 5.62. The van der Waals surface area contributed by atoms with Crippen LogP contribution in [-0.2, 0) is 17.9 Å². The molecule has 4 rings (SSSR count). The number of halogens is 1. The maximum atomic E-state index is 12.4. The average Bonchev–Trinajstić information content (AvgIpc) is 3.30. The summed E-state index contributed by atoms with van der Waals surface area (Å²) in [5, 5.41) is 7.84. The smallest absolute Gasteiger partial charge is 0.223 e. The van der Waals surface area contributed by atoms with Crippen LogP contribution in [0.2, 0.25) is 5.02 Å². The van der Waals surface area contributed by atoms with Crippen molar-refractivity contribution in [1.29, 1.82) is 0 Å². The van der Waals surface area contributed by atoms with Crippen LogP contribution in [-0.4, -0.2) is 33.9 Å². The lowest BCUT2D eigenvalue weighted by Gasteiger charge is -2.31. The molecule has 26 heavy (non-hydrogen) atoms. The number of benzene rings is 1. The topological polar surface area (TPSA) is 61.0 Å². The van der Waals surface area contributed by atoms with Crippen LogP contribution in [0.15, 0.2) is 36.0 Å². The molecule has 0 unspecified atom stereocenters. The quantitative estimate of drug-likeness (QED) is 0.698. The maximum absolute atomic E-state index is 12.4. The average molecular weight is 389 g/mol. The lowest BCUT2D eigenvalue weighted by molar-refractivity contribution is -0.126. The van der Waals surface area contributed by atoms with E-state index in [0.29, 0.717) is 6.54 Å². The fourth-order valence-corrected chi connectivity index (χ4v) is 4.25. The number of rotatable bonds is 5. The number of thiazole rings is 1. The van der Waals surface area contributed by atoms with E-state index >= 15 is 0 Å². The molecule has 136 valence electrons. The Morgan fingerprint density at radius 3 is 3.00 bits per heavy atom. The largest absolute Gasteiger partial charge is 0.361 e. The van der Waals surface area contributed by atoms with Crippen molar-refractivity contribution in [2.75, 3.05) is 13.1 Å². The number of carbonyl (C=O) groups excluding carboxylic acids is 1. The Hall–Kier alpha value is -1.89. The van der Waals surface area contributed by atoms with Gasteiger partial charge < -0.3 is 10.3 Å². The number of piperidine rings is 1. The first-order chi connectivity index (χ1) is 12.7. The van der Waals surface area contributed by atoms with E-state index in [2.05, 4.69) is 26.4 Å². The van der Waals surface area contributed by atoms with Gasteiger partial charge in [0, 0.05) is 46.2 Å². The van der Waals surface area contributed by atoms with Gasteiger partial charge in [-0.3, -0.25) is 9.69 Å². The molecule has 1 amide bonds. The third-order valence-corrected chi connectivity index (χ3v) is 5.99. The fraction of sp³-hybridized carbons (Fsp3) is 0.368. The van der Waals surface area contributed by atoms with E-state index in [0.717, 1.165) is 48.0 Å². The summed E-state index contributed by atoms with van der Waals surface area (Å²) in [6.45, 7) is 3.28. The molecule has 0 aliphatic carbocycles. The summed E-state index contributed by atoms with van der Waals surface area (Å²) in [5.41, 5.74) is 2.37. The minimum absolute atomic E-state index is 0.101. The molecule has 5 nitrogen and oxygen atoms in total. The number of carbonyl (C=O) groups is 1. The van der Waals surface area contributed by atoms with Gasteiger partial charge in [0.25, 0.3) is 0 Å². The summed E-state index contributed by atoms with van der Waals surface area (Å²) in [5.74, 6) is 0.252. The fourth-order valence-electron chi connectivity index (χ4n) is 3.52. The maximum Gasteiger partial charge on any atom is 0.223 e. The Balaban J connectivity index is 1.30. The predicted octanol–water partition coefficient (Wildman–Crippen LogP) is 3.81. The van der Waals surface area contributed by atoms with Crippen molar-refractivity contribution in [2.24, 2.45) is 5.92 Å². The van der Waals surface area contributed by atoms with Gasteiger partial charge in [0.15, 0.2) is 0 Å². The van der Waals surface area contributed by atoms with Crippen LogP contribution in [0.25, 0.3) is 10.9 Å². The number of fused-ring (bicyclic) bond motifs is 1. The van der Waals surface area contributed by atoms with Crippen molar-refractivity contribution in [3.63, 3.8) is 0 Å². The molecule has 1 saturated heterocycles. The highest BCUT2D eigenvalue weighted by Gasteiger charge is 2.25. The van der Waals surface area contributed by atoms with Gasteiger partial charge in [-0.05, 0) is 49.7 Å². The van der Waals surface area contributed by atoms with Crippen molar-refractivity contribution in [1.82, 2.24) is 20.2 Å². The van der Waals surface area contributed by atoms with Gasteiger partial charge in [-0.1, -0.05) is 11.6 Å². The van der Waals surface area contributed by atoms with Crippen LogP contribution in [0.3, 0.4) is 0 Å². The molecule has 2 aromatic heterocycles. The van der Waals surface area contributed by atoms with Crippen molar-refractivity contribution in [2.45, 2.75) is 25.9 Å². The van der Waals surface area contributed by atoms with Gasteiger partial charge in [-0.15, -0.1) is 11.3 Å². The molecule has 0 spiro atoms. The van der Waals surface area contributed by atoms with Crippen LogP contribution >= 0.6 is 22.9 Å². The molecular weight excluding hydrogens is 368 g/mol. The van der Waals surface area contributed by atoms with Crippen LogP contribution < -0.4 is 5.32 Å². The van der Waals surface area contributed by atoms with Gasteiger partial charge in [0.05, 0.1) is 6.54 Å². The van der Waals surface area contributed by atoms with Crippen LogP contribution in [0.5, 0.6) is 0 Å². The normalized spacial score (nSPS) is 16.2. The van der Waals surface area contributed by atoms with Gasteiger partial charge >= 0.3 is 0 Å². The monoisotopic (exact) mass is 388 g/mol. The first kappa shape index (κ1) is 17.5. The molecule has 3 aromatic rings. The number of hydrogen-bond donors (Lipinski definition) is 2. The number of hydrogen-bond acceptors (Lipinski definition) is 4. The number of likely N-dealkylation sites (tertiary alicyclic amines) is 1. The number of nitrogens with one attached hydrogen (secondary N) is 2. The molecule has 0 radical (unpaired) electrons. The lowest BCUT2D eigenvalue weighted by atomic mass is 9.95. The number of aromatic amines is 1. The van der Waals surface area contributed by atoms with E-state index in [1.807, 2.05) is 23.6 Å². The number of H-pyrrole nitrogens is 1. The molecule has 0 bridgehead atoms. The summed E-state index contributed by atoms with van der Waals surface area (Å²) in [6, 6.07) is 5.93. The van der Waals surface area contributed by atoms with Gasteiger partial charge in [0.1, 0.15) is 5.01 Å². The van der Waals surface area contributed by atoms with Crippen molar-refractivity contribution in [3.05, 3.63) is 51.6 Å². The Bertz CT molecular complexity index is 884. The number of amides is 1. The van der Waals surface area contributed by atoms with Crippen LogP contribution in [0, 0.1) is 5.92 Å². The van der Waals surface area contributed by atoms with E-state index in [-0.39, 0.29) is 11.8 Å². The highest BCUT2D eigenvalue weighted by molar-refractivity contribution is 7.09. The molecule has 3 heterocycles. The lowest BCUT2D eigenvalue weighted by Crippen LogP contribution is -2.40. The second-order valence-electron chi connectivity index (χ2n) is 6.70. The minimum atomic E-state index is 0.101. The summed E-state index contributed by atoms with van der Waals surface area (Å²) in [4.78, 5) is 22.3. The zero-order valence-corrected chi connectivity index (χ0v) is 15.9. The molecule has 1 aromatic carbocycles. The summed E-state index contributed by atoms with van der Waals surface area (Å²) < 4.78 is 0. The molecular formula is C19H21ClN4OS. The Kier molecular flexibility index (Phi) is 5.24. The zero-order chi connectivity index (χ0) is 17.9. The molecule has 0 atom stereocenters. The second kappa shape index (κ2) is 7.78. The van der Waals surface area contributed by atoms with E-state index in [1.54, 1.807) is 17.5 Å². The summed E-state index contributed by atoms with van der Waals surface area (Å²) in [7, 11) is 0. The van der Waals surface area contributed by atoms with E-state index in [9.17, 15) is 4.79 Å². The Morgan fingerprint density at radius 2 is 2.23 bits per heavy atom. The summed E-state index contributed by atoms with van der Waals surface area (Å²) >= 11 is 7.70. The van der Waals surface area contributed by atoms with Gasteiger partial charge in [0.2, 0.25) is 5.91 Å². The third-order valence-electron chi connectivity index (χ3n) is 4.98. The first-order valence-corrected chi connectivity index (χ1v) is 10.1. The number of aromatic nitrogens is 2. The molecule has 2 N–H and O–H groups in total. The van der Waals surface area contributed by atoms with Gasteiger partial charge in [-0.2, -0.15) is 0 Å². The Labute approximate surface area is 161 Å². The van der Waals surface area contributed by atoms with Crippen molar-refractivity contribution < 1.29 is 4.79 Å². The highest BCUT2D eigenvalue weighted by atomic mass is 35.5. The standard InChI is InChI=1S/C19H21ClN4OS/c20-15-1-2-17-16(9-15)14(10-22-17)12-24-6-3-13(4-7-24)19(25)23-11-18-21-5-8-26-18/h1-2,5,8-10,13,22H,3-4,6-7,11-12H2,(H,23,25). The van der Waals surface area contributed by atoms with Crippen LogP contribution in [0.1, 0.15) is 23.4 Å². The highest BCUT2D eigenvalue weighted by Crippen LogP contribution is 2.25. The first-order valence-electron chi connectivity index (χ1n) is 8.83. The molecule has 1 fully saturated rings. The van der Waals surface area contributed by atoms with Crippen LogP contribution in [0.4, 0.5) is 0 Å². The van der Waals surface area contributed by atoms with Crippen molar-refractivity contribution in [3.8, 4) is 0 Å². The minimum Gasteiger partial charge on any atom is -0.361 e. The zero-order valence-electron chi connectivity index (χ0n) is 14.4. The van der Waals surface area contributed by atoms with E-state index in [1.165, 1.54) is 10.9 Å². The second-order valence-corrected chi connectivity index (χ2v) is 8.11. The molecule has 7 heteroatoms. The molecule has 1 aliphatic heterocycles.